The summed E-state index contributed by atoms with van der Waals surface area (Å²) < 4.78 is 0. The number of nitriles is 1. The van der Waals surface area contributed by atoms with Crippen molar-refractivity contribution in [2.75, 3.05) is 5.32 Å². The molecule has 0 spiro atoms. The number of carboxylic acids is 1. The van der Waals surface area contributed by atoms with E-state index < -0.39 is 5.97 Å². The molecule has 1 fully saturated rings. The van der Waals surface area contributed by atoms with E-state index in [0.717, 1.165) is 12.1 Å². The van der Waals surface area contributed by atoms with Crippen LogP contribution >= 0.6 is 0 Å². The van der Waals surface area contributed by atoms with E-state index in [-0.39, 0.29) is 23.3 Å². The van der Waals surface area contributed by atoms with Gasteiger partial charge in [0.1, 0.15) is 0 Å². The van der Waals surface area contributed by atoms with Crippen molar-refractivity contribution in [3.05, 3.63) is 29.8 Å². The number of benzene rings is 1. The highest BCUT2D eigenvalue weighted by atomic mass is 16.4. The number of hydrogen-bond donors (Lipinski definition) is 2. The van der Waals surface area contributed by atoms with Crippen molar-refractivity contribution >= 4 is 11.7 Å². The summed E-state index contributed by atoms with van der Waals surface area (Å²) in [5, 5.41) is 21.7. The van der Waals surface area contributed by atoms with Gasteiger partial charge in [0.2, 0.25) is 0 Å². The largest absolute Gasteiger partial charge is 0.481 e. The molecular weight excluding hydrogens is 264 g/mol. The third-order valence-corrected chi connectivity index (χ3v) is 5.11. The fraction of sp³-hybridized carbons (Fsp3) is 0.529. The van der Waals surface area contributed by atoms with E-state index in [1.807, 2.05) is 26.0 Å². The smallest absolute Gasteiger partial charge is 0.307 e. The highest BCUT2D eigenvalue weighted by Gasteiger charge is 2.46. The Bertz CT molecular complexity index is 557. The lowest BCUT2D eigenvalue weighted by Crippen LogP contribution is -2.48. The molecule has 1 aliphatic carbocycles. The van der Waals surface area contributed by atoms with Crippen LogP contribution in [-0.2, 0) is 4.79 Å². The van der Waals surface area contributed by atoms with Crippen molar-refractivity contribution < 1.29 is 9.90 Å². The topological polar surface area (TPSA) is 73.1 Å². The maximum Gasteiger partial charge on any atom is 0.307 e. The average Bonchev–Trinajstić information content (AvgIpc) is 2.44. The molecule has 1 saturated carbocycles. The summed E-state index contributed by atoms with van der Waals surface area (Å²) in [6.07, 6.45) is 1.54. The number of anilines is 1. The maximum absolute atomic E-state index is 11.4. The molecule has 1 aliphatic rings. The van der Waals surface area contributed by atoms with E-state index in [9.17, 15) is 9.90 Å². The summed E-state index contributed by atoms with van der Waals surface area (Å²) in [5.74, 6) is -0.724. The van der Waals surface area contributed by atoms with Crippen LogP contribution in [0.15, 0.2) is 24.3 Å². The zero-order valence-corrected chi connectivity index (χ0v) is 12.8. The molecule has 0 bridgehead atoms. The van der Waals surface area contributed by atoms with Gasteiger partial charge in [-0.3, -0.25) is 4.79 Å². The summed E-state index contributed by atoms with van der Waals surface area (Å²) in [6.45, 7) is 6.21. The molecule has 0 aliphatic heterocycles. The lowest BCUT2D eigenvalue weighted by molar-refractivity contribution is -0.149. The number of rotatable bonds is 3. The molecule has 3 atom stereocenters. The van der Waals surface area contributed by atoms with Crippen LogP contribution in [0.3, 0.4) is 0 Å². The Kier molecular flexibility index (Phi) is 4.22. The highest BCUT2D eigenvalue weighted by Crippen LogP contribution is 2.45. The van der Waals surface area contributed by atoms with Gasteiger partial charge in [-0.1, -0.05) is 20.8 Å². The average molecular weight is 286 g/mol. The first-order valence-electron chi connectivity index (χ1n) is 7.35. The van der Waals surface area contributed by atoms with Crippen LogP contribution in [0.25, 0.3) is 0 Å². The molecule has 0 aromatic heterocycles. The second-order valence-electron chi connectivity index (χ2n) is 6.52. The monoisotopic (exact) mass is 286 g/mol. The van der Waals surface area contributed by atoms with Gasteiger partial charge in [-0.25, -0.2) is 0 Å². The molecule has 0 heterocycles. The predicted molar refractivity (Wildman–Crippen MR) is 81.9 cm³/mol. The van der Waals surface area contributed by atoms with Gasteiger partial charge in [0.15, 0.2) is 0 Å². The van der Waals surface area contributed by atoms with E-state index in [2.05, 4.69) is 18.3 Å². The molecule has 0 radical (unpaired) electrons. The van der Waals surface area contributed by atoms with Gasteiger partial charge in [-0.15, -0.1) is 0 Å². The van der Waals surface area contributed by atoms with Crippen LogP contribution in [0, 0.1) is 28.6 Å². The minimum absolute atomic E-state index is 0.242. The Balaban J connectivity index is 2.11. The fourth-order valence-corrected chi connectivity index (χ4v) is 3.30. The predicted octanol–water partition coefficient (Wildman–Crippen LogP) is 3.50. The molecule has 4 nitrogen and oxygen atoms in total. The minimum Gasteiger partial charge on any atom is -0.481 e. The lowest BCUT2D eigenvalue weighted by atomic mass is 9.61. The third kappa shape index (κ3) is 3.02. The van der Waals surface area contributed by atoms with Crippen LogP contribution in [0.1, 0.15) is 39.2 Å². The number of carboxylic acid groups (broad SMARTS) is 1. The molecule has 112 valence electrons. The molecule has 3 unspecified atom stereocenters. The van der Waals surface area contributed by atoms with E-state index in [1.54, 1.807) is 12.1 Å². The van der Waals surface area contributed by atoms with Crippen LogP contribution in [0.5, 0.6) is 0 Å². The molecule has 2 N–H and O–H groups in total. The minimum atomic E-state index is -0.691. The number of nitrogens with one attached hydrogen (secondary N) is 1. The fourth-order valence-electron chi connectivity index (χ4n) is 3.30. The van der Waals surface area contributed by atoms with E-state index in [4.69, 9.17) is 5.26 Å². The summed E-state index contributed by atoms with van der Waals surface area (Å²) in [7, 11) is 0. The van der Waals surface area contributed by atoms with E-state index in [0.29, 0.717) is 12.0 Å². The first-order chi connectivity index (χ1) is 9.86. The molecule has 1 aromatic carbocycles. The van der Waals surface area contributed by atoms with Gasteiger partial charge in [0.05, 0.1) is 17.6 Å². The van der Waals surface area contributed by atoms with Crippen molar-refractivity contribution in [2.45, 2.75) is 39.7 Å². The van der Waals surface area contributed by atoms with Gasteiger partial charge in [0.25, 0.3) is 0 Å². The van der Waals surface area contributed by atoms with Crippen molar-refractivity contribution in [3.63, 3.8) is 0 Å². The standard InChI is InChI=1S/C17H22N2O2/c1-11-15(9-8-14(16(20)21)17(11,2)3)19-13-6-4-12(10-18)5-7-13/h4-7,11,14-15,19H,8-9H2,1-3H3,(H,20,21). The quantitative estimate of drug-likeness (QED) is 0.892. The van der Waals surface area contributed by atoms with Gasteiger partial charge in [-0.05, 0) is 48.4 Å². The normalized spacial score (nSPS) is 27.6. The van der Waals surface area contributed by atoms with Gasteiger partial charge in [-0.2, -0.15) is 5.26 Å². The first kappa shape index (κ1) is 15.4. The van der Waals surface area contributed by atoms with Crippen LogP contribution in [0.4, 0.5) is 5.69 Å². The summed E-state index contributed by atoms with van der Waals surface area (Å²) >= 11 is 0. The Hall–Kier alpha value is -2.02. The Morgan fingerprint density at radius 2 is 1.95 bits per heavy atom. The van der Waals surface area contributed by atoms with Crippen molar-refractivity contribution in [3.8, 4) is 6.07 Å². The van der Waals surface area contributed by atoms with E-state index >= 15 is 0 Å². The number of carbonyl (C=O) groups is 1. The second-order valence-corrected chi connectivity index (χ2v) is 6.52. The summed E-state index contributed by atoms with van der Waals surface area (Å²) in [4.78, 5) is 11.4. The second kappa shape index (κ2) is 5.77. The third-order valence-electron chi connectivity index (χ3n) is 5.11. The molecule has 0 saturated heterocycles. The molecule has 4 heteroatoms. The first-order valence-corrected chi connectivity index (χ1v) is 7.35. The SMILES string of the molecule is CC1C(Nc2ccc(C#N)cc2)CCC(C(=O)O)C1(C)C. The van der Waals surface area contributed by atoms with Gasteiger partial charge >= 0.3 is 5.97 Å². The zero-order chi connectivity index (χ0) is 15.6. The molecule has 2 rings (SSSR count). The summed E-state index contributed by atoms with van der Waals surface area (Å²) in [5.41, 5.74) is 1.38. The Morgan fingerprint density at radius 3 is 2.48 bits per heavy atom. The summed E-state index contributed by atoms with van der Waals surface area (Å²) in [6, 6.07) is 9.75. The molecular formula is C17H22N2O2. The Labute approximate surface area is 125 Å². The highest BCUT2D eigenvalue weighted by molar-refractivity contribution is 5.71. The number of aliphatic carboxylic acids is 1. The van der Waals surface area contributed by atoms with Crippen molar-refractivity contribution in [2.24, 2.45) is 17.3 Å². The van der Waals surface area contributed by atoms with Gasteiger partial charge in [0, 0.05) is 11.7 Å². The van der Waals surface area contributed by atoms with Gasteiger partial charge < -0.3 is 10.4 Å². The lowest BCUT2D eigenvalue weighted by Gasteiger charge is -2.46. The molecule has 21 heavy (non-hydrogen) atoms. The molecule has 0 amide bonds. The maximum atomic E-state index is 11.4. The van der Waals surface area contributed by atoms with Crippen LogP contribution < -0.4 is 5.32 Å². The van der Waals surface area contributed by atoms with Crippen molar-refractivity contribution in [1.29, 1.82) is 5.26 Å². The molecule has 1 aromatic rings. The van der Waals surface area contributed by atoms with Crippen LogP contribution in [-0.4, -0.2) is 17.1 Å². The zero-order valence-electron chi connectivity index (χ0n) is 12.8. The number of nitrogens with zero attached hydrogens (tertiary/aromatic N) is 1. The number of hydrogen-bond acceptors (Lipinski definition) is 3. The van der Waals surface area contributed by atoms with E-state index in [1.165, 1.54) is 0 Å². The van der Waals surface area contributed by atoms with Crippen LogP contribution in [0.2, 0.25) is 0 Å². The Morgan fingerprint density at radius 1 is 1.33 bits per heavy atom. The van der Waals surface area contributed by atoms with Crippen molar-refractivity contribution in [1.82, 2.24) is 0 Å².